The topological polar surface area (TPSA) is 194 Å². The van der Waals surface area contributed by atoms with Crippen molar-refractivity contribution in [3.8, 4) is 23.0 Å². The minimum absolute atomic E-state index is 0.181. The van der Waals surface area contributed by atoms with Gasteiger partial charge in [-0.15, -0.1) is 0 Å². The van der Waals surface area contributed by atoms with Crippen LogP contribution in [-0.2, 0) is 4.74 Å². The molecule has 32 heavy (non-hydrogen) atoms. The van der Waals surface area contributed by atoms with Crippen LogP contribution >= 0.6 is 0 Å². The van der Waals surface area contributed by atoms with E-state index >= 15 is 0 Å². The first-order valence-corrected chi connectivity index (χ1v) is 9.55. The number of aryl methyl sites for hydroxylation is 1. The average Bonchev–Trinajstić information content (AvgIpc) is 2.74. The molecule has 0 bridgehead atoms. The van der Waals surface area contributed by atoms with Gasteiger partial charge in [0, 0.05) is 11.6 Å². The number of phenols is 3. The van der Waals surface area contributed by atoms with Crippen LogP contribution in [0.5, 0.6) is 23.0 Å². The summed E-state index contributed by atoms with van der Waals surface area (Å²) in [5, 5.41) is 70.1. The monoisotopic (exact) mass is 448 g/mol. The lowest BCUT2D eigenvalue weighted by Crippen LogP contribution is -2.60. The Labute approximate surface area is 180 Å². The quantitative estimate of drug-likeness (QED) is 0.245. The van der Waals surface area contributed by atoms with Gasteiger partial charge in [-0.1, -0.05) is 0 Å². The maximum absolute atomic E-state index is 13.2. The fourth-order valence-electron chi connectivity index (χ4n) is 3.91. The lowest BCUT2D eigenvalue weighted by molar-refractivity contribution is -0.277. The van der Waals surface area contributed by atoms with E-state index in [9.17, 15) is 45.3 Å². The number of carbonyl (C=O) groups excluding carboxylic acids is 2. The second kappa shape index (κ2) is 7.73. The molecule has 1 aliphatic heterocycles. The van der Waals surface area contributed by atoms with Crippen molar-refractivity contribution in [2.45, 2.75) is 37.6 Å². The summed E-state index contributed by atoms with van der Waals surface area (Å²) >= 11 is 0. The number of hydrogen-bond donors (Lipinski definition) is 7. The Bertz CT molecular complexity index is 1120. The van der Waals surface area contributed by atoms with Crippen molar-refractivity contribution < 1.29 is 54.8 Å². The molecule has 1 fully saturated rings. The molecule has 2 aromatic carbocycles. The summed E-state index contributed by atoms with van der Waals surface area (Å²) in [6, 6.07) is 3.42. The van der Waals surface area contributed by atoms with E-state index in [2.05, 4.69) is 0 Å². The van der Waals surface area contributed by atoms with Crippen molar-refractivity contribution >= 4 is 11.6 Å². The zero-order chi connectivity index (χ0) is 23.5. The fourth-order valence-corrected chi connectivity index (χ4v) is 3.91. The molecule has 5 atom stereocenters. The summed E-state index contributed by atoms with van der Waals surface area (Å²) in [7, 11) is 0. The summed E-state index contributed by atoms with van der Waals surface area (Å²) in [4.78, 5) is 26.3. The molecular weight excluding hydrogens is 428 g/mol. The van der Waals surface area contributed by atoms with Crippen molar-refractivity contribution in [1.82, 2.24) is 0 Å². The zero-order valence-electron chi connectivity index (χ0n) is 16.6. The number of hydrogen-bond acceptors (Lipinski definition) is 11. The average molecular weight is 448 g/mol. The minimum Gasteiger partial charge on any atom is -0.507 e. The number of benzene rings is 2. The van der Waals surface area contributed by atoms with Crippen LogP contribution in [0.4, 0.5) is 0 Å². The molecule has 0 radical (unpaired) electrons. The number of carbonyl (C=O) groups is 2. The van der Waals surface area contributed by atoms with Gasteiger partial charge in [0.2, 0.25) is 12.1 Å². The van der Waals surface area contributed by atoms with Crippen LogP contribution < -0.4 is 4.74 Å². The van der Waals surface area contributed by atoms with Gasteiger partial charge in [-0.3, -0.25) is 9.59 Å². The third-order valence-corrected chi connectivity index (χ3v) is 5.52. The normalized spacial score (nSPS) is 27.1. The predicted molar refractivity (Wildman–Crippen MR) is 104 cm³/mol. The number of aromatic hydroxyl groups is 3. The molecule has 0 aromatic heterocycles. The zero-order valence-corrected chi connectivity index (χ0v) is 16.6. The van der Waals surface area contributed by atoms with Crippen molar-refractivity contribution in [3.05, 3.63) is 46.0 Å². The Morgan fingerprint density at radius 1 is 0.875 bits per heavy atom. The van der Waals surface area contributed by atoms with Gasteiger partial charge in [-0.05, 0) is 24.6 Å². The van der Waals surface area contributed by atoms with Gasteiger partial charge in [-0.25, -0.2) is 0 Å². The second-order valence-corrected chi connectivity index (χ2v) is 7.67. The Balaban J connectivity index is 1.84. The summed E-state index contributed by atoms with van der Waals surface area (Å²) in [5.41, 5.74) is -1.12. The van der Waals surface area contributed by atoms with Gasteiger partial charge >= 0.3 is 0 Å². The molecule has 4 rings (SSSR count). The number of aliphatic hydroxyl groups excluding tert-OH is 4. The Hall–Kier alpha value is -3.22. The molecule has 11 nitrogen and oxygen atoms in total. The molecule has 1 heterocycles. The van der Waals surface area contributed by atoms with Gasteiger partial charge in [0.1, 0.15) is 35.9 Å². The second-order valence-electron chi connectivity index (χ2n) is 7.67. The Morgan fingerprint density at radius 3 is 2.22 bits per heavy atom. The van der Waals surface area contributed by atoms with Crippen LogP contribution in [0.2, 0.25) is 0 Å². The lowest BCUT2D eigenvalue weighted by atomic mass is 9.81. The molecule has 0 amide bonds. The molecule has 1 saturated heterocycles. The van der Waals surface area contributed by atoms with Crippen LogP contribution in [0.15, 0.2) is 18.2 Å². The molecular formula is C21H20O11. The Kier molecular flexibility index (Phi) is 5.31. The van der Waals surface area contributed by atoms with Crippen LogP contribution in [-0.4, -0.2) is 84.6 Å². The smallest absolute Gasteiger partial charge is 0.229 e. The van der Waals surface area contributed by atoms with Crippen molar-refractivity contribution in [2.75, 3.05) is 6.61 Å². The van der Waals surface area contributed by atoms with E-state index in [0.29, 0.717) is 5.56 Å². The maximum Gasteiger partial charge on any atom is 0.229 e. The van der Waals surface area contributed by atoms with E-state index < -0.39 is 83.0 Å². The molecule has 170 valence electrons. The van der Waals surface area contributed by atoms with Gasteiger partial charge in [0.15, 0.2) is 17.3 Å². The molecule has 7 N–H and O–H groups in total. The highest BCUT2D eigenvalue weighted by molar-refractivity contribution is 6.31. The third kappa shape index (κ3) is 3.18. The Morgan fingerprint density at radius 2 is 1.56 bits per heavy atom. The first kappa shape index (κ1) is 22.0. The van der Waals surface area contributed by atoms with Crippen molar-refractivity contribution in [2.24, 2.45) is 0 Å². The number of aliphatic hydroxyl groups is 4. The fraction of sp³-hybridized carbons (Fsp3) is 0.333. The number of rotatable bonds is 3. The number of ketones is 2. The molecule has 1 aliphatic carbocycles. The molecule has 0 unspecified atom stereocenters. The predicted octanol–water partition coefficient (Wildman–Crippen LogP) is -0.934. The third-order valence-electron chi connectivity index (χ3n) is 5.52. The molecule has 0 spiro atoms. The van der Waals surface area contributed by atoms with E-state index in [0.717, 1.165) is 6.07 Å². The van der Waals surface area contributed by atoms with E-state index in [4.69, 9.17) is 9.47 Å². The highest BCUT2D eigenvalue weighted by atomic mass is 16.7. The van der Waals surface area contributed by atoms with Crippen LogP contribution in [0.25, 0.3) is 0 Å². The largest absolute Gasteiger partial charge is 0.507 e. The highest BCUT2D eigenvalue weighted by Crippen LogP contribution is 2.45. The van der Waals surface area contributed by atoms with Gasteiger partial charge < -0.3 is 45.2 Å². The number of phenolic OH excluding ortho intramolecular Hbond substituents is 3. The minimum atomic E-state index is -1.84. The molecule has 11 heteroatoms. The summed E-state index contributed by atoms with van der Waals surface area (Å²) < 4.78 is 10.7. The van der Waals surface area contributed by atoms with Gasteiger partial charge in [0.25, 0.3) is 0 Å². The standard InChI is InChI=1S/C21H20O11/c1-6-2-7-12(8(23)3-6)18(28)13-10(4-9(24)16(26)14(13)15(7)25)31-21-20(30)19(29)17(27)11(5-22)32-21/h2-4,11,17,19-24,26-27,29-30H,5H2,1H3/t11-,17-,19+,20-,21-/m0/s1. The number of ether oxygens (including phenoxy) is 2. The van der Waals surface area contributed by atoms with Crippen molar-refractivity contribution in [3.63, 3.8) is 0 Å². The van der Waals surface area contributed by atoms with Crippen LogP contribution in [0.1, 0.15) is 37.4 Å². The van der Waals surface area contributed by atoms with Crippen LogP contribution in [0.3, 0.4) is 0 Å². The maximum atomic E-state index is 13.2. The van der Waals surface area contributed by atoms with E-state index in [-0.39, 0.29) is 11.1 Å². The highest BCUT2D eigenvalue weighted by Gasteiger charge is 2.46. The first-order chi connectivity index (χ1) is 15.1. The summed E-state index contributed by atoms with van der Waals surface area (Å²) in [6.07, 6.45) is -8.32. The van der Waals surface area contributed by atoms with E-state index in [1.54, 1.807) is 6.92 Å². The summed E-state index contributed by atoms with van der Waals surface area (Å²) in [6.45, 7) is 0.852. The van der Waals surface area contributed by atoms with E-state index in [1.807, 2.05) is 0 Å². The van der Waals surface area contributed by atoms with Crippen LogP contribution in [0, 0.1) is 6.92 Å². The van der Waals surface area contributed by atoms with Crippen molar-refractivity contribution in [1.29, 1.82) is 0 Å². The SMILES string of the molecule is Cc1cc(O)c2c(c1)C(=O)c1c(O)c(O)cc(O[C@H]3O[C@@H](CO)[C@H](O)[C@@H](O)[C@@H]3O)c1C2=O. The molecule has 0 saturated carbocycles. The molecule has 2 aromatic rings. The lowest BCUT2D eigenvalue weighted by Gasteiger charge is -2.39. The molecule has 2 aliphatic rings. The van der Waals surface area contributed by atoms with Gasteiger partial charge in [0.05, 0.1) is 23.3 Å². The van der Waals surface area contributed by atoms with E-state index in [1.165, 1.54) is 12.1 Å². The van der Waals surface area contributed by atoms with Gasteiger partial charge in [-0.2, -0.15) is 0 Å². The number of fused-ring (bicyclic) bond motifs is 2. The summed E-state index contributed by atoms with van der Waals surface area (Å²) in [5.74, 6) is -4.43. The first-order valence-electron chi connectivity index (χ1n) is 9.55.